The number of carbonyl (C=O) groups excluding carboxylic acids is 1. The van der Waals surface area contributed by atoms with Crippen molar-refractivity contribution in [2.45, 2.75) is 49.7 Å². The molecule has 0 aliphatic carbocycles. The molecule has 1 aromatic carbocycles. The van der Waals surface area contributed by atoms with Crippen molar-refractivity contribution in [1.29, 1.82) is 0 Å². The van der Waals surface area contributed by atoms with Gasteiger partial charge in [-0.1, -0.05) is 12.1 Å². The van der Waals surface area contributed by atoms with Crippen LogP contribution in [0.2, 0.25) is 0 Å². The molecule has 1 aromatic rings. The van der Waals surface area contributed by atoms with Crippen LogP contribution in [-0.2, 0) is 25.8 Å². The second-order valence-electron chi connectivity index (χ2n) is 5.62. The summed E-state index contributed by atoms with van der Waals surface area (Å²) < 4.78 is 24.0. The molecule has 0 heterocycles. The van der Waals surface area contributed by atoms with Crippen LogP contribution in [0.4, 0.5) is 0 Å². The first-order valence-electron chi connectivity index (χ1n) is 7.55. The molecular weight excluding hydrogens is 318 g/mol. The van der Waals surface area contributed by atoms with Crippen LogP contribution in [0.5, 0.6) is 0 Å². The summed E-state index contributed by atoms with van der Waals surface area (Å²) in [7, 11) is -3.30. The third-order valence-electron chi connectivity index (χ3n) is 3.38. The standard InChI is InChI=1S/C16H23NO5S/c1-12(2)23(21,22)14-8-6-13(7-9-14)11-15(18)17-10-4-3-5-16(19)20/h6-9,12H,3-5,10-11H2,1-2H3,(H,17,18)(H,19,20). The highest BCUT2D eigenvalue weighted by molar-refractivity contribution is 7.92. The van der Waals surface area contributed by atoms with Gasteiger partial charge >= 0.3 is 5.97 Å². The van der Waals surface area contributed by atoms with E-state index in [1.54, 1.807) is 26.0 Å². The Morgan fingerprint density at radius 3 is 2.26 bits per heavy atom. The smallest absolute Gasteiger partial charge is 0.303 e. The molecule has 0 saturated heterocycles. The Morgan fingerprint density at radius 2 is 1.74 bits per heavy atom. The molecule has 23 heavy (non-hydrogen) atoms. The summed E-state index contributed by atoms with van der Waals surface area (Å²) in [5.74, 6) is -1.01. The van der Waals surface area contributed by atoms with E-state index in [2.05, 4.69) is 5.32 Å². The van der Waals surface area contributed by atoms with Gasteiger partial charge < -0.3 is 10.4 Å². The average molecular weight is 341 g/mol. The summed E-state index contributed by atoms with van der Waals surface area (Å²) in [4.78, 5) is 22.4. The highest BCUT2D eigenvalue weighted by atomic mass is 32.2. The molecule has 0 atom stereocenters. The van der Waals surface area contributed by atoms with Crippen molar-refractivity contribution >= 4 is 21.7 Å². The zero-order chi connectivity index (χ0) is 17.5. The van der Waals surface area contributed by atoms with Crippen LogP contribution in [0, 0.1) is 0 Å². The van der Waals surface area contributed by atoms with E-state index < -0.39 is 21.1 Å². The fraction of sp³-hybridized carbons (Fsp3) is 0.500. The topological polar surface area (TPSA) is 101 Å². The van der Waals surface area contributed by atoms with Gasteiger partial charge in [-0.25, -0.2) is 8.42 Å². The minimum absolute atomic E-state index is 0.0989. The number of carboxylic acids is 1. The predicted octanol–water partition coefficient (Wildman–Crippen LogP) is 1.78. The maximum atomic E-state index is 12.0. The third-order valence-corrected chi connectivity index (χ3v) is 5.55. The van der Waals surface area contributed by atoms with Gasteiger partial charge in [-0.3, -0.25) is 9.59 Å². The number of amides is 1. The van der Waals surface area contributed by atoms with Crippen molar-refractivity contribution < 1.29 is 23.1 Å². The van der Waals surface area contributed by atoms with Crippen molar-refractivity contribution in [2.75, 3.05) is 6.54 Å². The van der Waals surface area contributed by atoms with E-state index in [9.17, 15) is 18.0 Å². The highest BCUT2D eigenvalue weighted by Gasteiger charge is 2.18. The Hall–Kier alpha value is -1.89. The lowest BCUT2D eigenvalue weighted by Gasteiger charge is -2.09. The molecule has 1 rings (SSSR count). The molecule has 0 saturated carbocycles. The van der Waals surface area contributed by atoms with E-state index in [1.807, 2.05) is 0 Å². The highest BCUT2D eigenvalue weighted by Crippen LogP contribution is 2.16. The summed E-state index contributed by atoms with van der Waals surface area (Å²) in [5.41, 5.74) is 0.732. The molecular formula is C16H23NO5S. The zero-order valence-electron chi connectivity index (χ0n) is 13.4. The van der Waals surface area contributed by atoms with Gasteiger partial charge in [0, 0.05) is 13.0 Å². The number of hydrogen-bond donors (Lipinski definition) is 2. The van der Waals surface area contributed by atoms with Gasteiger partial charge in [0.15, 0.2) is 9.84 Å². The number of rotatable bonds is 9. The van der Waals surface area contributed by atoms with Gasteiger partial charge in [0.25, 0.3) is 0 Å². The molecule has 7 heteroatoms. The normalized spacial score (nSPS) is 11.4. The Kier molecular flexibility index (Phi) is 7.22. The van der Waals surface area contributed by atoms with Gasteiger partial charge in [-0.05, 0) is 44.4 Å². The molecule has 1 amide bonds. The third kappa shape index (κ3) is 6.40. The van der Waals surface area contributed by atoms with E-state index in [1.165, 1.54) is 12.1 Å². The van der Waals surface area contributed by atoms with Crippen LogP contribution in [0.15, 0.2) is 29.2 Å². The first-order valence-corrected chi connectivity index (χ1v) is 9.09. The summed E-state index contributed by atoms with van der Waals surface area (Å²) in [6.07, 6.45) is 1.41. The molecule has 0 aliphatic heterocycles. The molecule has 0 fully saturated rings. The Morgan fingerprint density at radius 1 is 1.13 bits per heavy atom. The molecule has 0 radical (unpaired) electrons. The Bertz CT molecular complexity index is 635. The number of carboxylic acid groups (broad SMARTS) is 1. The summed E-state index contributed by atoms with van der Waals surface area (Å²) in [6, 6.07) is 6.31. The van der Waals surface area contributed by atoms with Crippen molar-refractivity contribution in [2.24, 2.45) is 0 Å². The monoisotopic (exact) mass is 341 g/mol. The van der Waals surface area contributed by atoms with Gasteiger partial charge in [0.1, 0.15) is 0 Å². The summed E-state index contributed by atoms with van der Waals surface area (Å²) in [5, 5.41) is 10.7. The maximum Gasteiger partial charge on any atom is 0.303 e. The van der Waals surface area contributed by atoms with Crippen LogP contribution in [0.1, 0.15) is 38.7 Å². The first-order chi connectivity index (χ1) is 10.7. The molecule has 0 spiro atoms. The van der Waals surface area contributed by atoms with Crippen LogP contribution >= 0.6 is 0 Å². The number of sulfone groups is 1. The fourth-order valence-corrected chi connectivity index (χ4v) is 3.01. The number of hydrogen-bond acceptors (Lipinski definition) is 4. The molecule has 0 unspecified atom stereocenters. The molecule has 6 nitrogen and oxygen atoms in total. The van der Waals surface area contributed by atoms with Crippen molar-refractivity contribution in [1.82, 2.24) is 5.32 Å². The lowest BCUT2D eigenvalue weighted by Crippen LogP contribution is -2.26. The number of unbranched alkanes of at least 4 members (excludes halogenated alkanes) is 1. The Labute approximate surface area is 136 Å². The number of carbonyl (C=O) groups is 2. The van der Waals surface area contributed by atoms with Crippen LogP contribution in [0.3, 0.4) is 0 Å². The second-order valence-corrected chi connectivity index (χ2v) is 8.12. The minimum Gasteiger partial charge on any atom is -0.481 e. The molecule has 128 valence electrons. The van der Waals surface area contributed by atoms with E-state index in [-0.39, 0.29) is 23.6 Å². The van der Waals surface area contributed by atoms with Gasteiger partial charge in [-0.2, -0.15) is 0 Å². The van der Waals surface area contributed by atoms with Crippen LogP contribution in [-0.4, -0.2) is 37.2 Å². The van der Waals surface area contributed by atoms with Crippen molar-refractivity contribution in [3.63, 3.8) is 0 Å². The van der Waals surface area contributed by atoms with E-state index >= 15 is 0 Å². The van der Waals surface area contributed by atoms with E-state index in [0.29, 0.717) is 19.4 Å². The quantitative estimate of drug-likeness (QED) is 0.667. The van der Waals surface area contributed by atoms with Gasteiger partial charge in [0.05, 0.1) is 16.6 Å². The van der Waals surface area contributed by atoms with E-state index in [0.717, 1.165) is 5.56 Å². The van der Waals surface area contributed by atoms with Crippen LogP contribution in [0.25, 0.3) is 0 Å². The minimum atomic E-state index is -3.30. The molecule has 0 aromatic heterocycles. The predicted molar refractivity (Wildman–Crippen MR) is 87.0 cm³/mol. The number of nitrogens with one attached hydrogen (secondary N) is 1. The summed E-state index contributed by atoms with van der Waals surface area (Å²) >= 11 is 0. The zero-order valence-corrected chi connectivity index (χ0v) is 14.2. The van der Waals surface area contributed by atoms with E-state index in [4.69, 9.17) is 5.11 Å². The molecule has 0 bridgehead atoms. The van der Waals surface area contributed by atoms with Crippen molar-refractivity contribution in [3.8, 4) is 0 Å². The number of aliphatic carboxylic acids is 1. The lowest BCUT2D eigenvalue weighted by molar-refractivity contribution is -0.137. The second kappa shape index (κ2) is 8.67. The lowest BCUT2D eigenvalue weighted by atomic mass is 10.1. The van der Waals surface area contributed by atoms with Crippen molar-refractivity contribution in [3.05, 3.63) is 29.8 Å². The SMILES string of the molecule is CC(C)S(=O)(=O)c1ccc(CC(=O)NCCCCC(=O)O)cc1. The van der Waals surface area contributed by atoms with Crippen LogP contribution < -0.4 is 5.32 Å². The fourth-order valence-electron chi connectivity index (χ4n) is 1.95. The first kappa shape index (κ1) is 19.2. The number of benzene rings is 1. The van der Waals surface area contributed by atoms with Gasteiger partial charge in [0.2, 0.25) is 5.91 Å². The largest absolute Gasteiger partial charge is 0.481 e. The molecule has 2 N–H and O–H groups in total. The Balaban J connectivity index is 2.46. The summed E-state index contributed by atoms with van der Waals surface area (Å²) in [6.45, 7) is 3.69. The molecule has 0 aliphatic rings. The average Bonchev–Trinajstić information content (AvgIpc) is 2.47. The van der Waals surface area contributed by atoms with Gasteiger partial charge in [-0.15, -0.1) is 0 Å². The maximum absolute atomic E-state index is 12.0.